The maximum absolute atomic E-state index is 12.6. The monoisotopic (exact) mass is 479 g/mol. The molecular formula is C18H14BrN3O8. The van der Waals surface area contributed by atoms with Gasteiger partial charge in [0, 0.05) is 6.07 Å². The van der Waals surface area contributed by atoms with Crippen molar-refractivity contribution >= 4 is 45.6 Å². The molecule has 1 aliphatic heterocycles. The number of hydrogen-bond donors (Lipinski definition) is 1. The normalized spacial score (nSPS) is 14.8. The molecule has 11 nitrogen and oxygen atoms in total. The van der Waals surface area contributed by atoms with Crippen molar-refractivity contribution in [2.75, 3.05) is 14.2 Å². The van der Waals surface area contributed by atoms with E-state index in [0.717, 1.165) is 4.90 Å². The Labute approximate surface area is 177 Å². The molecule has 0 aliphatic carbocycles. The van der Waals surface area contributed by atoms with Crippen LogP contribution in [-0.2, 0) is 16.1 Å². The number of nitrogens with zero attached hydrogens (tertiary/aromatic N) is 2. The molecular weight excluding hydrogens is 466 g/mol. The van der Waals surface area contributed by atoms with E-state index in [0.29, 0.717) is 10.0 Å². The fourth-order valence-electron chi connectivity index (χ4n) is 2.73. The minimum Gasteiger partial charge on any atom is -0.489 e. The van der Waals surface area contributed by atoms with E-state index >= 15 is 0 Å². The van der Waals surface area contributed by atoms with E-state index in [4.69, 9.17) is 9.15 Å². The number of benzene rings is 1. The zero-order chi connectivity index (χ0) is 22.0. The lowest BCUT2D eigenvalue weighted by Gasteiger charge is -2.09. The molecule has 2 aromatic rings. The molecule has 0 spiro atoms. The SMILES string of the molecule is COC(=O)c1ccc(CN2C(=O)N/C(=C\c3cc(Br)c(OC)c([N+](=O)[O-])c3)C2=O)o1. The van der Waals surface area contributed by atoms with Crippen LogP contribution in [0.2, 0.25) is 0 Å². The summed E-state index contributed by atoms with van der Waals surface area (Å²) in [5.41, 5.74) is -0.0877. The van der Waals surface area contributed by atoms with Crippen LogP contribution in [0.3, 0.4) is 0 Å². The van der Waals surface area contributed by atoms with Crippen molar-refractivity contribution in [2.24, 2.45) is 0 Å². The molecule has 156 valence electrons. The number of urea groups is 1. The van der Waals surface area contributed by atoms with Gasteiger partial charge in [-0.05, 0) is 45.8 Å². The first-order chi connectivity index (χ1) is 14.2. The summed E-state index contributed by atoms with van der Waals surface area (Å²) >= 11 is 3.19. The number of amides is 3. The molecule has 1 aromatic heterocycles. The van der Waals surface area contributed by atoms with Gasteiger partial charge >= 0.3 is 17.7 Å². The van der Waals surface area contributed by atoms with Gasteiger partial charge in [0.2, 0.25) is 11.5 Å². The average molecular weight is 480 g/mol. The van der Waals surface area contributed by atoms with E-state index in [-0.39, 0.29) is 35.2 Å². The van der Waals surface area contributed by atoms with Gasteiger partial charge < -0.3 is 19.2 Å². The van der Waals surface area contributed by atoms with Crippen molar-refractivity contribution in [3.63, 3.8) is 0 Å². The highest BCUT2D eigenvalue weighted by molar-refractivity contribution is 9.10. The summed E-state index contributed by atoms with van der Waals surface area (Å²) in [6.07, 6.45) is 1.31. The zero-order valence-corrected chi connectivity index (χ0v) is 17.2. The first kappa shape index (κ1) is 21.0. The Hall–Kier alpha value is -3.67. The Kier molecular flexibility index (Phi) is 5.87. The van der Waals surface area contributed by atoms with Crippen molar-refractivity contribution in [1.82, 2.24) is 10.2 Å². The zero-order valence-electron chi connectivity index (χ0n) is 15.6. The van der Waals surface area contributed by atoms with Crippen LogP contribution < -0.4 is 10.1 Å². The standard InChI is InChI=1S/C18H14BrN3O8/c1-28-15-11(19)5-9(7-13(15)22(26)27)6-12-16(23)21(18(25)20-12)8-10-3-4-14(30-10)17(24)29-2/h3-7H,8H2,1-2H3,(H,20,25)/b12-6-. The van der Waals surface area contributed by atoms with Gasteiger partial charge in [-0.3, -0.25) is 19.8 Å². The predicted molar refractivity (Wildman–Crippen MR) is 104 cm³/mol. The maximum Gasteiger partial charge on any atom is 0.373 e. The Morgan fingerprint density at radius 2 is 2.07 bits per heavy atom. The van der Waals surface area contributed by atoms with E-state index in [1.54, 1.807) is 0 Å². The van der Waals surface area contributed by atoms with Crippen LogP contribution in [0.5, 0.6) is 5.75 Å². The van der Waals surface area contributed by atoms with E-state index in [2.05, 4.69) is 26.0 Å². The number of rotatable bonds is 6. The lowest BCUT2D eigenvalue weighted by molar-refractivity contribution is -0.385. The van der Waals surface area contributed by atoms with Gasteiger partial charge in [0.05, 0.1) is 30.2 Å². The van der Waals surface area contributed by atoms with Crippen LogP contribution in [-0.4, -0.2) is 42.0 Å². The number of esters is 1. The number of nitro benzene ring substituents is 1. The van der Waals surface area contributed by atoms with Crippen LogP contribution in [0, 0.1) is 10.1 Å². The number of hydrogen-bond acceptors (Lipinski definition) is 8. The van der Waals surface area contributed by atoms with Gasteiger partial charge in [-0.25, -0.2) is 9.59 Å². The van der Waals surface area contributed by atoms with Gasteiger partial charge in [0.25, 0.3) is 5.91 Å². The van der Waals surface area contributed by atoms with Crippen LogP contribution >= 0.6 is 15.9 Å². The van der Waals surface area contributed by atoms with E-state index in [9.17, 15) is 24.5 Å². The number of halogens is 1. The predicted octanol–water partition coefficient (Wildman–Crippen LogP) is 2.84. The summed E-state index contributed by atoms with van der Waals surface area (Å²) in [6, 6.07) is 4.83. The van der Waals surface area contributed by atoms with Crippen molar-refractivity contribution < 1.29 is 33.2 Å². The molecule has 1 saturated heterocycles. The molecule has 2 heterocycles. The lowest BCUT2D eigenvalue weighted by Crippen LogP contribution is -2.30. The van der Waals surface area contributed by atoms with Gasteiger partial charge in [-0.15, -0.1) is 0 Å². The van der Waals surface area contributed by atoms with Gasteiger partial charge in [0.15, 0.2) is 0 Å². The number of imide groups is 1. The third kappa shape index (κ3) is 4.03. The molecule has 1 aromatic carbocycles. The van der Waals surface area contributed by atoms with Gasteiger partial charge in [-0.1, -0.05) is 0 Å². The first-order valence-electron chi connectivity index (χ1n) is 8.28. The Morgan fingerprint density at radius 1 is 1.33 bits per heavy atom. The number of methoxy groups -OCH3 is 2. The highest BCUT2D eigenvalue weighted by atomic mass is 79.9. The second kappa shape index (κ2) is 8.37. The van der Waals surface area contributed by atoms with Crippen LogP contribution in [0.25, 0.3) is 6.08 Å². The summed E-state index contributed by atoms with van der Waals surface area (Å²) in [7, 11) is 2.49. The number of nitrogens with one attached hydrogen (secondary N) is 1. The Morgan fingerprint density at radius 3 is 2.70 bits per heavy atom. The second-order valence-corrected chi connectivity index (χ2v) is 6.80. The Balaban J connectivity index is 1.85. The smallest absolute Gasteiger partial charge is 0.373 e. The van der Waals surface area contributed by atoms with E-state index < -0.39 is 22.8 Å². The van der Waals surface area contributed by atoms with E-state index in [1.807, 2.05) is 0 Å². The summed E-state index contributed by atoms with van der Waals surface area (Å²) < 4.78 is 15.1. The van der Waals surface area contributed by atoms with Crippen LogP contribution in [0.15, 0.2) is 38.9 Å². The summed E-state index contributed by atoms with van der Waals surface area (Å²) in [5.74, 6) is -1.19. The number of furan rings is 1. The molecule has 12 heteroatoms. The molecule has 30 heavy (non-hydrogen) atoms. The topological polar surface area (TPSA) is 141 Å². The summed E-state index contributed by atoms with van der Waals surface area (Å²) in [5, 5.41) is 13.7. The lowest BCUT2D eigenvalue weighted by atomic mass is 10.1. The molecule has 0 radical (unpaired) electrons. The largest absolute Gasteiger partial charge is 0.489 e. The molecule has 0 atom stereocenters. The Bertz CT molecular complexity index is 1090. The van der Waals surface area contributed by atoms with Crippen molar-refractivity contribution in [2.45, 2.75) is 6.54 Å². The van der Waals surface area contributed by atoms with Crippen molar-refractivity contribution in [3.05, 3.63) is 61.6 Å². The molecule has 1 N–H and O–H groups in total. The molecule has 0 saturated carbocycles. The fourth-order valence-corrected chi connectivity index (χ4v) is 3.36. The third-order valence-corrected chi connectivity index (χ3v) is 4.67. The average Bonchev–Trinajstić information content (AvgIpc) is 3.27. The molecule has 0 unspecified atom stereocenters. The highest BCUT2D eigenvalue weighted by Crippen LogP contribution is 2.36. The van der Waals surface area contributed by atoms with Gasteiger partial charge in [-0.2, -0.15) is 0 Å². The molecule has 1 aliphatic rings. The van der Waals surface area contributed by atoms with Crippen LogP contribution in [0.1, 0.15) is 21.9 Å². The van der Waals surface area contributed by atoms with Crippen molar-refractivity contribution in [3.8, 4) is 5.75 Å². The minimum absolute atomic E-state index is 0.0322. The molecule has 3 rings (SSSR count). The van der Waals surface area contributed by atoms with Gasteiger partial charge in [0.1, 0.15) is 11.5 Å². The first-order valence-corrected chi connectivity index (χ1v) is 9.08. The fraction of sp³-hybridized carbons (Fsp3) is 0.167. The van der Waals surface area contributed by atoms with E-state index in [1.165, 1.54) is 44.6 Å². The van der Waals surface area contributed by atoms with Crippen molar-refractivity contribution in [1.29, 1.82) is 0 Å². The maximum atomic E-state index is 12.6. The molecule has 0 bridgehead atoms. The third-order valence-electron chi connectivity index (χ3n) is 4.08. The summed E-state index contributed by atoms with van der Waals surface area (Å²) in [4.78, 5) is 47.8. The number of ether oxygens (including phenoxy) is 2. The van der Waals surface area contributed by atoms with Crippen LogP contribution in [0.4, 0.5) is 10.5 Å². The highest BCUT2D eigenvalue weighted by Gasteiger charge is 2.34. The number of carbonyl (C=O) groups excluding carboxylic acids is 3. The summed E-state index contributed by atoms with van der Waals surface area (Å²) in [6.45, 7) is -0.217. The molecule has 1 fully saturated rings. The number of nitro groups is 1. The number of carbonyl (C=O) groups is 3. The molecule has 3 amide bonds. The quantitative estimate of drug-likeness (QED) is 0.219. The minimum atomic E-state index is -0.704. The second-order valence-electron chi connectivity index (χ2n) is 5.95.